The Morgan fingerprint density at radius 1 is 1.28 bits per heavy atom. The van der Waals surface area contributed by atoms with Gasteiger partial charge in [0.05, 0.1) is 12.1 Å². The van der Waals surface area contributed by atoms with Crippen LogP contribution >= 0.6 is 11.6 Å². The summed E-state index contributed by atoms with van der Waals surface area (Å²) in [5, 5.41) is 10.8. The summed E-state index contributed by atoms with van der Waals surface area (Å²) >= 11 is 6.05. The number of ether oxygens (including phenoxy) is 1. The van der Waals surface area contributed by atoms with Crippen LogP contribution in [0.25, 0.3) is 0 Å². The molecule has 0 saturated carbocycles. The van der Waals surface area contributed by atoms with Gasteiger partial charge in [-0.3, -0.25) is 0 Å². The molecule has 1 heterocycles. The van der Waals surface area contributed by atoms with Gasteiger partial charge < -0.3 is 14.3 Å². The van der Waals surface area contributed by atoms with Gasteiger partial charge in [0.15, 0.2) is 0 Å². The molecule has 0 bridgehead atoms. The summed E-state index contributed by atoms with van der Waals surface area (Å²) in [5.41, 5.74) is 1.47. The average molecular weight is 267 g/mol. The van der Waals surface area contributed by atoms with E-state index in [4.69, 9.17) is 20.8 Å². The third-order valence-electron chi connectivity index (χ3n) is 2.87. The molecular weight excluding hydrogens is 252 g/mol. The van der Waals surface area contributed by atoms with Gasteiger partial charge in [-0.25, -0.2) is 0 Å². The maximum absolute atomic E-state index is 10.3. The summed E-state index contributed by atoms with van der Waals surface area (Å²) in [6.45, 7) is 3.68. The first kappa shape index (κ1) is 13.0. The van der Waals surface area contributed by atoms with Crippen LogP contribution in [0.2, 0.25) is 5.02 Å². The Morgan fingerprint density at radius 2 is 2.00 bits per heavy atom. The van der Waals surface area contributed by atoms with Crippen LogP contribution < -0.4 is 4.74 Å². The Morgan fingerprint density at radius 3 is 2.50 bits per heavy atom. The molecule has 1 atom stereocenters. The van der Waals surface area contributed by atoms with E-state index in [1.54, 1.807) is 25.3 Å². The van der Waals surface area contributed by atoms with Crippen molar-refractivity contribution in [3.8, 4) is 5.75 Å². The van der Waals surface area contributed by atoms with Crippen molar-refractivity contribution in [2.75, 3.05) is 7.11 Å². The minimum Gasteiger partial charge on any atom is -0.495 e. The Hall–Kier alpha value is -1.45. The molecule has 0 fully saturated rings. The van der Waals surface area contributed by atoms with E-state index in [9.17, 15) is 5.11 Å². The van der Waals surface area contributed by atoms with Crippen LogP contribution in [0.1, 0.15) is 28.8 Å². The Bertz CT molecular complexity index is 560. The average Bonchev–Trinajstić information content (AvgIpc) is 2.67. The quantitative estimate of drug-likeness (QED) is 0.922. The van der Waals surface area contributed by atoms with Crippen molar-refractivity contribution in [3.05, 3.63) is 51.9 Å². The van der Waals surface area contributed by atoms with Crippen molar-refractivity contribution in [2.24, 2.45) is 0 Å². The molecule has 1 unspecified atom stereocenters. The highest BCUT2D eigenvalue weighted by molar-refractivity contribution is 6.32. The van der Waals surface area contributed by atoms with Crippen LogP contribution in [0.15, 0.2) is 28.7 Å². The molecule has 1 N–H and O–H groups in total. The van der Waals surface area contributed by atoms with Gasteiger partial charge in [-0.15, -0.1) is 0 Å². The molecular formula is C14H15ClO3. The molecule has 0 saturated heterocycles. The summed E-state index contributed by atoms with van der Waals surface area (Å²) in [5.74, 6) is 2.08. The van der Waals surface area contributed by atoms with Gasteiger partial charge in [-0.1, -0.05) is 17.7 Å². The zero-order chi connectivity index (χ0) is 13.3. The molecule has 0 aliphatic rings. The molecule has 0 amide bonds. The van der Waals surface area contributed by atoms with Crippen molar-refractivity contribution in [1.29, 1.82) is 0 Å². The maximum Gasteiger partial charge on any atom is 0.137 e. The summed E-state index contributed by atoms with van der Waals surface area (Å²) in [7, 11) is 1.56. The van der Waals surface area contributed by atoms with Gasteiger partial charge in [0, 0.05) is 5.56 Å². The third-order valence-corrected chi connectivity index (χ3v) is 3.16. The van der Waals surface area contributed by atoms with Gasteiger partial charge in [0.1, 0.15) is 23.4 Å². The minimum atomic E-state index is -0.745. The highest BCUT2D eigenvalue weighted by Gasteiger charge is 2.17. The molecule has 1 aromatic carbocycles. The SMILES string of the molecule is COc1ccc(C(O)c2cc(C)oc2C)cc1Cl. The topological polar surface area (TPSA) is 42.6 Å². The number of hydrogen-bond donors (Lipinski definition) is 1. The Kier molecular flexibility index (Phi) is 3.64. The van der Waals surface area contributed by atoms with E-state index < -0.39 is 6.10 Å². The van der Waals surface area contributed by atoms with Crippen LogP contribution in [0.5, 0.6) is 5.75 Å². The third kappa shape index (κ3) is 2.37. The number of methoxy groups -OCH3 is 1. The second-order valence-corrected chi connectivity index (χ2v) is 4.57. The lowest BCUT2D eigenvalue weighted by molar-refractivity contribution is 0.218. The van der Waals surface area contributed by atoms with Crippen molar-refractivity contribution in [2.45, 2.75) is 20.0 Å². The second kappa shape index (κ2) is 5.04. The predicted molar refractivity (Wildman–Crippen MR) is 70.2 cm³/mol. The normalized spacial score (nSPS) is 12.5. The molecule has 1 aromatic heterocycles. The fourth-order valence-electron chi connectivity index (χ4n) is 1.95. The highest BCUT2D eigenvalue weighted by atomic mass is 35.5. The molecule has 0 radical (unpaired) electrons. The molecule has 0 aliphatic heterocycles. The summed E-state index contributed by atoms with van der Waals surface area (Å²) in [4.78, 5) is 0. The number of halogens is 1. The molecule has 0 spiro atoms. The van der Waals surface area contributed by atoms with Crippen LogP contribution in [0.4, 0.5) is 0 Å². The molecule has 96 valence electrons. The van der Waals surface area contributed by atoms with E-state index in [0.717, 1.165) is 11.3 Å². The minimum absolute atomic E-state index is 0.479. The van der Waals surface area contributed by atoms with E-state index >= 15 is 0 Å². The number of hydrogen-bond acceptors (Lipinski definition) is 3. The lowest BCUT2D eigenvalue weighted by atomic mass is 10.0. The number of rotatable bonds is 3. The molecule has 2 rings (SSSR count). The van der Waals surface area contributed by atoms with Crippen molar-refractivity contribution in [1.82, 2.24) is 0 Å². The molecule has 4 heteroatoms. The van der Waals surface area contributed by atoms with Crippen LogP contribution in [0, 0.1) is 13.8 Å². The van der Waals surface area contributed by atoms with E-state index in [0.29, 0.717) is 22.1 Å². The first-order valence-electron chi connectivity index (χ1n) is 5.61. The number of aliphatic hydroxyl groups excluding tert-OH is 1. The number of furan rings is 1. The number of aliphatic hydroxyl groups is 1. The fraction of sp³-hybridized carbons (Fsp3) is 0.286. The lowest BCUT2D eigenvalue weighted by Crippen LogP contribution is -2.00. The molecule has 18 heavy (non-hydrogen) atoms. The highest BCUT2D eigenvalue weighted by Crippen LogP contribution is 2.32. The van der Waals surface area contributed by atoms with Gasteiger partial charge in [-0.2, -0.15) is 0 Å². The summed E-state index contributed by atoms with van der Waals surface area (Å²) < 4.78 is 10.5. The van der Waals surface area contributed by atoms with Crippen LogP contribution in [-0.4, -0.2) is 12.2 Å². The lowest BCUT2D eigenvalue weighted by Gasteiger charge is -2.12. The monoisotopic (exact) mass is 266 g/mol. The van der Waals surface area contributed by atoms with E-state index in [1.807, 2.05) is 19.9 Å². The van der Waals surface area contributed by atoms with E-state index in [1.165, 1.54) is 0 Å². The summed E-state index contributed by atoms with van der Waals surface area (Å²) in [6, 6.07) is 7.06. The predicted octanol–water partition coefficient (Wildman–Crippen LogP) is 3.64. The van der Waals surface area contributed by atoms with Crippen molar-refractivity contribution in [3.63, 3.8) is 0 Å². The zero-order valence-electron chi connectivity index (χ0n) is 10.5. The zero-order valence-corrected chi connectivity index (χ0v) is 11.3. The van der Waals surface area contributed by atoms with Crippen LogP contribution in [-0.2, 0) is 0 Å². The fourth-order valence-corrected chi connectivity index (χ4v) is 2.22. The first-order chi connectivity index (χ1) is 8.52. The largest absolute Gasteiger partial charge is 0.495 e. The summed E-state index contributed by atoms with van der Waals surface area (Å²) in [6.07, 6.45) is -0.745. The maximum atomic E-state index is 10.3. The Balaban J connectivity index is 2.37. The van der Waals surface area contributed by atoms with Gasteiger partial charge in [0.25, 0.3) is 0 Å². The molecule has 3 nitrogen and oxygen atoms in total. The number of benzene rings is 1. The van der Waals surface area contributed by atoms with Gasteiger partial charge in [0.2, 0.25) is 0 Å². The second-order valence-electron chi connectivity index (χ2n) is 4.17. The van der Waals surface area contributed by atoms with E-state index in [-0.39, 0.29) is 0 Å². The standard InChI is InChI=1S/C14H15ClO3/c1-8-6-11(9(2)18-8)14(16)10-4-5-13(17-3)12(15)7-10/h4-7,14,16H,1-3H3. The van der Waals surface area contributed by atoms with Crippen LogP contribution in [0.3, 0.4) is 0 Å². The Labute approximate surface area is 111 Å². The van der Waals surface area contributed by atoms with Crippen molar-refractivity contribution >= 4 is 11.6 Å². The van der Waals surface area contributed by atoms with Gasteiger partial charge in [-0.05, 0) is 37.6 Å². The number of aryl methyl sites for hydroxylation is 2. The van der Waals surface area contributed by atoms with Gasteiger partial charge >= 0.3 is 0 Å². The van der Waals surface area contributed by atoms with Crippen molar-refractivity contribution < 1.29 is 14.3 Å². The van der Waals surface area contributed by atoms with E-state index in [2.05, 4.69) is 0 Å². The smallest absolute Gasteiger partial charge is 0.137 e. The molecule has 0 aliphatic carbocycles. The molecule has 2 aromatic rings. The first-order valence-corrected chi connectivity index (χ1v) is 5.99.